The van der Waals surface area contributed by atoms with Crippen molar-refractivity contribution in [3.05, 3.63) is 28.2 Å². The smallest absolute Gasteiger partial charge is 0.328 e. The Hall–Kier alpha value is -1.60. The highest BCUT2D eigenvalue weighted by Gasteiger charge is 2.20. The molecule has 1 aromatic rings. The van der Waals surface area contributed by atoms with Crippen LogP contribution in [-0.2, 0) is 4.79 Å². The van der Waals surface area contributed by atoms with E-state index in [1.165, 1.54) is 12.1 Å². The third-order valence-corrected chi connectivity index (χ3v) is 2.54. The fraction of sp³-hybridized carbons (Fsp3) is 0.200. The second kappa shape index (κ2) is 5.65. The van der Waals surface area contributed by atoms with Crippen LogP contribution >= 0.6 is 15.9 Å². The zero-order valence-electron chi connectivity index (χ0n) is 8.68. The van der Waals surface area contributed by atoms with Gasteiger partial charge in [-0.25, -0.2) is 4.79 Å². The molecule has 0 heterocycles. The number of halogens is 1. The number of carbonyl (C=O) groups excluding carboxylic acids is 1. The van der Waals surface area contributed by atoms with Gasteiger partial charge in [-0.3, -0.25) is 4.79 Å². The van der Waals surface area contributed by atoms with Crippen LogP contribution in [0.4, 0.5) is 5.69 Å². The Balaban J connectivity index is 2.89. The van der Waals surface area contributed by atoms with Crippen molar-refractivity contribution in [2.75, 3.05) is 12.3 Å². The molecule has 0 aliphatic carbocycles. The Bertz CT molecular complexity index is 450. The first kappa shape index (κ1) is 13.5. The zero-order chi connectivity index (χ0) is 13.0. The third kappa shape index (κ3) is 3.43. The largest absolute Gasteiger partial charge is 0.480 e. The molecule has 7 heteroatoms. The third-order valence-electron chi connectivity index (χ3n) is 2.05. The lowest BCUT2D eigenvalue weighted by Crippen LogP contribution is -2.43. The average molecular weight is 303 g/mol. The summed E-state index contributed by atoms with van der Waals surface area (Å²) in [5.74, 6) is -1.96. The second-order valence-corrected chi connectivity index (χ2v) is 4.19. The second-order valence-electron chi connectivity index (χ2n) is 3.28. The van der Waals surface area contributed by atoms with Gasteiger partial charge in [0.2, 0.25) is 0 Å². The van der Waals surface area contributed by atoms with Gasteiger partial charge in [-0.1, -0.05) is 15.9 Å². The molecule has 5 N–H and O–H groups in total. The number of aliphatic carboxylic acids is 1. The summed E-state index contributed by atoms with van der Waals surface area (Å²) in [5, 5.41) is 19.6. The maximum Gasteiger partial charge on any atom is 0.328 e. The molecule has 0 aromatic heterocycles. The number of benzene rings is 1. The van der Waals surface area contributed by atoms with Crippen LogP contribution in [0.15, 0.2) is 22.7 Å². The lowest BCUT2D eigenvalue weighted by Gasteiger charge is -2.12. The molecule has 0 spiro atoms. The van der Waals surface area contributed by atoms with Gasteiger partial charge in [-0.15, -0.1) is 0 Å². The van der Waals surface area contributed by atoms with Gasteiger partial charge in [-0.2, -0.15) is 0 Å². The van der Waals surface area contributed by atoms with Crippen molar-refractivity contribution in [3.63, 3.8) is 0 Å². The topological polar surface area (TPSA) is 113 Å². The highest BCUT2D eigenvalue weighted by molar-refractivity contribution is 9.10. The van der Waals surface area contributed by atoms with Gasteiger partial charge in [0.1, 0.15) is 0 Å². The summed E-state index contributed by atoms with van der Waals surface area (Å²) in [6.45, 7) is -0.686. The SMILES string of the molecule is Nc1ccc(Br)cc1C(=O)NC(CO)C(=O)O. The van der Waals surface area contributed by atoms with Crippen molar-refractivity contribution in [2.45, 2.75) is 6.04 Å². The summed E-state index contributed by atoms with van der Waals surface area (Å²) >= 11 is 3.18. The van der Waals surface area contributed by atoms with E-state index in [-0.39, 0.29) is 11.3 Å². The van der Waals surface area contributed by atoms with Gasteiger partial charge in [-0.05, 0) is 18.2 Å². The fourth-order valence-corrected chi connectivity index (χ4v) is 1.51. The van der Waals surface area contributed by atoms with Crippen molar-refractivity contribution < 1.29 is 19.8 Å². The number of hydrogen-bond donors (Lipinski definition) is 4. The molecule has 1 rings (SSSR count). The maximum absolute atomic E-state index is 11.7. The minimum absolute atomic E-state index is 0.152. The predicted molar refractivity (Wildman–Crippen MR) is 64.5 cm³/mol. The van der Waals surface area contributed by atoms with E-state index in [4.69, 9.17) is 15.9 Å². The number of nitrogen functional groups attached to an aromatic ring is 1. The number of carbonyl (C=O) groups is 2. The minimum Gasteiger partial charge on any atom is -0.480 e. The van der Waals surface area contributed by atoms with Gasteiger partial charge < -0.3 is 21.3 Å². The molecular formula is C10H11BrN2O4. The Morgan fingerprint density at radius 2 is 2.12 bits per heavy atom. The van der Waals surface area contributed by atoms with E-state index in [0.29, 0.717) is 4.47 Å². The van der Waals surface area contributed by atoms with Gasteiger partial charge in [0.25, 0.3) is 5.91 Å². The molecule has 0 bridgehead atoms. The Labute approximate surface area is 106 Å². The number of anilines is 1. The maximum atomic E-state index is 11.7. The number of aliphatic hydroxyl groups excluding tert-OH is 1. The molecule has 0 saturated carbocycles. The number of rotatable bonds is 4. The molecule has 0 fully saturated rings. The van der Waals surface area contributed by atoms with Crippen LogP contribution in [0.1, 0.15) is 10.4 Å². The Kier molecular flexibility index (Phi) is 4.47. The van der Waals surface area contributed by atoms with E-state index < -0.39 is 24.5 Å². The Morgan fingerprint density at radius 1 is 1.47 bits per heavy atom. The molecule has 0 saturated heterocycles. The van der Waals surface area contributed by atoms with Crippen LogP contribution in [-0.4, -0.2) is 34.7 Å². The number of carboxylic acids is 1. The van der Waals surface area contributed by atoms with Crippen LogP contribution < -0.4 is 11.1 Å². The molecule has 6 nitrogen and oxygen atoms in total. The first-order valence-electron chi connectivity index (χ1n) is 4.65. The van der Waals surface area contributed by atoms with Gasteiger partial charge >= 0.3 is 5.97 Å². The molecule has 17 heavy (non-hydrogen) atoms. The summed E-state index contributed by atoms with van der Waals surface area (Å²) < 4.78 is 0.646. The van der Waals surface area contributed by atoms with E-state index in [1.54, 1.807) is 6.07 Å². The van der Waals surface area contributed by atoms with Crippen LogP contribution in [0.5, 0.6) is 0 Å². The van der Waals surface area contributed by atoms with E-state index in [0.717, 1.165) is 0 Å². The molecular weight excluding hydrogens is 292 g/mol. The quantitative estimate of drug-likeness (QED) is 0.594. The Morgan fingerprint density at radius 3 is 2.65 bits per heavy atom. The molecule has 92 valence electrons. The van der Waals surface area contributed by atoms with Crippen molar-refractivity contribution in [2.24, 2.45) is 0 Å². The number of amides is 1. The highest BCUT2D eigenvalue weighted by Crippen LogP contribution is 2.18. The molecule has 1 aromatic carbocycles. The molecule has 1 atom stereocenters. The van der Waals surface area contributed by atoms with Crippen LogP contribution in [0.25, 0.3) is 0 Å². The summed E-state index contributed by atoms with van der Waals surface area (Å²) in [5.41, 5.74) is 5.97. The van der Waals surface area contributed by atoms with Gasteiger partial charge in [0.05, 0.1) is 12.2 Å². The van der Waals surface area contributed by atoms with Gasteiger partial charge in [0.15, 0.2) is 6.04 Å². The summed E-state index contributed by atoms with van der Waals surface area (Å²) in [6.07, 6.45) is 0. The average Bonchev–Trinajstić information content (AvgIpc) is 2.28. The summed E-state index contributed by atoms with van der Waals surface area (Å²) in [6, 6.07) is 3.31. The zero-order valence-corrected chi connectivity index (χ0v) is 10.3. The minimum atomic E-state index is -1.35. The fourth-order valence-electron chi connectivity index (χ4n) is 1.15. The number of carboxylic acid groups (broad SMARTS) is 1. The van der Waals surface area contributed by atoms with E-state index in [1.807, 2.05) is 0 Å². The lowest BCUT2D eigenvalue weighted by molar-refractivity contribution is -0.140. The van der Waals surface area contributed by atoms with Crippen molar-refractivity contribution in [1.82, 2.24) is 5.32 Å². The predicted octanol–water partition coefficient (Wildman–Crippen LogP) is 0.207. The van der Waals surface area contributed by atoms with Gasteiger partial charge in [0, 0.05) is 10.2 Å². The molecule has 0 aliphatic heterocycles. The number of nitrogens with one attached hydrogen (secondary N) is 1. The summed E-state index contributed by atoms with van der Waals surface area (Å²) in [4.78, 5) is 22.3. The van der Waals surface area contributed by atoms with Crippen molar-refractivity contribution in [3.8, 4) is 0 Å². The van der Waals surface area contributed by atoms with Crippen LogP contribution in [0.3, 0.4) is 0 Å². The molecule has 1 amide bonds. The summed E-state index contributed by atoms with van der Waals surface area (Å²) in [7, 11) is 0. The van der Waals surface area contributed by atoms with E-state index in [9.17, 15) is 9.59 Å². The van der Waals surface area contributed by atoms with E-state index >= 15 is 0 Å². The molecule has 0 aliphatic rings. The van der Waals surface area contributed by atoms with Crippen molar-refractivity contribution in [1.29, 1.82) is 0 Å². The first-order valence-corrected chi connectivity index (χ1v) is 5.44. The normalized spacial score (nSPS) is 11.9. The van der Waals surface area contributed by atoms with Crippen LogP contribution in [0, 0.1) is 0 Å². The van der Waals surface area contributed by atoms with Crippen molar-refractivity contribution >= 4 is 33.5 Å². The lowest BCUT2D eigenvalue weighted by atomic mass is 10.1. The highest BCUT2D eigenvalue weighted by atomic mass is 79.9. The molecule has 0 radical (unpaired) electrons. The first-order chi connectivity index (χ1) is 7.95. The number of aliphatic hydroxyl groups is 1. The molecule has 1 unspecified atom stereocenters. The standard InChI is InChI=1S/C10H11BrN2O4/c11-5-1-2-7(12)6(3-5)9(15)13-8(4-14)10(16)17/h1-3,8,14H,4,12H2,(H,13,15)(H,16,17). The van der Waals surface area contributed by atoms with E-state index in [2.05, 4.69) is 21.2 Å². The number of nitrogens with two attached hydrogens (primary N) is 1. The number of hydrogen-bond acceptors (Lipinski definition) is 4. The monoisotopic (exact) mass is 302 g/mol. The van der Waals surface area contributed by atoms with Crippen LogP contribution in [0.2, 0.25) is 0 Å².